The lowest BCUT2D eigenvalue weighted by atomic mass is 10.0. The third kappa shape index (κ3) is 5.68. The van der Waals surface area contributed by atoms with E-state index in [0.717, 1.165) is 51.4 Å². The molecule has 1 aromatic heterocycles. The first kappa shape index (κ1) is 19.7. The molecule has 2 heterocycles. The van der Waals surface area contributed by atoms with Crippen molar-refractivity contribution in [2.24, 2.45) is 0 Å². The lowest BCUT2D eigenvalue weighted by molar-refractivity contribution is 0.0698. The normalized spacial score (nSPS) is 16.6. The zero-order chi connectivity index (χ0) is 19.7. The maximum atomic E-state index is 6.14. The molecule has 29 heavy (non-hydrogen) atoms. The van der Waals surface area contributed by atoms with Gasteiger partial charge in [0.25, 0.3) is 0 Å². The summed E-state index contributed by atoms with van der Waals surface area (Å²) in [5.74, 6) is 0.936. The molecule has 4 rings (SSSR count). The van der Waals surface area contributed by atoms with E-state index in [0.29, 0.717) is 6.61 Å². The van der Waals surface area contributed by atoms with Crippen LogP contribution in [0.1, 0.15) is 18.0 Å². The highest BCUT2D eigenvalue weighted by atomic mass is 16.5. The van der Waals surface area contributed by atoms with E-state index in [1.54, 1.807) is 0 Å². The van der Waals surface area contributed by atoms with Crippen LogP contribution in [0, 0.1) is 0 Å². The highest BCUT2D eigenvalue weighted by Gasteiger charge is 2.25. The highest BCUT2D eigenvalue weighted by Crippen LogP contribution is 2.24. The fraction of sp³-hybridized carbons (Fsp3) is 0.375. The van der Waals surface area contributed by atoms with Crippen LogP contribution in [0.4, 0.5) is 0 Å². The number of nitrogens with zero attached hydrogens (tertiary/aromatic N) is 4. The summed E-state index contributed by atoms with van der Waals surface area (Å²) in [4.78, 5) is 5.14. The van der Waals surface area contributed by atoms with Gasteiger partial charge in [-0.3, -0.25) is 9.58 Å². The van der Waals surface area contributed by atoms with Gasteiger partial charge in [-0.1, -0.05) is 48.5 Å². The van der Waals surface area contributed by atoms with Crippen LogP contribution >= 0.6 is 0 Å². The highest BCUT2D eigenvalue weighted by molar-refractivity contribution is 5.23. The second-order valence-corrected chi connectivity index (χ2v) is 7.55. The number of para-hydroxylation sites is 1. The van der Waals surface area contributed by atoms with E-state index in [4.69, 9.17) is 4.74 Å². The van der Waals surface area contributed by atoms with Gasteiger partial charge in [-0.05, 0) is 36.7 Å². The molecule has 0 radical (unpaired) electrons. The molecule has 0 N–H and O–H groups in total. The summed E-state index contributed by atoms with van der Waals surface area (Å²) in [6, 6.07) is 23.1. The van der Waals surface area contributed by atoms with Crippen LogP contribution in [0.2, 0.25) is 0 Å². The molecule has 0 amide bonds. The van der Waals surface area contributed by atoms with Crippen LogP contribution in [-0.4, -0.2) is 58.9 Å². The minimum Gasteiger partial charge on any atom is -0.492 e. The van der Waals surface area contributed by atoms with Crippen molar-refractivity contribution in [1.82, 2.24) is 19.6 Å². The molecular formula is C24H30N4O. The molecule has 1 aliphatic rings. The zero-order valence-electron chi connectivity index (χ0n) is 16.9. The van der Waals surface area contributed by atoms with E-state index in [2.05, 4.69) is 45.2 Å². The van der Waals surface area contributed by atoms with E-state index >= 15 is 0 Å². The van der Waals surface area contributed by atoms with Crippen molar-refractivity contribution < 1.29 is 4.74 Å². The van der Waals surface area contributed by atoms with Gasteiger partial charge >= 0.3 is 0 Å². The number of piperazine rings is 1. The molecule has 5 heteroatoms. The fourth-order valence-electron chi connectivity index (χ4n) is 3.97. The Hall–Kier alpha value is -2.63. The van der Waals surface area contributed by atoms with Crippen LogP contribution < -0.4 is 4.74 Å². The summed E-state index contributed by atoms with van der Waals surface area (Å²) in [7, 11) is 0. The number of aromatic nitrogens is 2. The van der Waals surface area contributed by atoms with Gasteiger partial charge in [-0.15, -0.1) is 0 Å². The van der Waals surface area contributed by atoms with Gasteiger partial charge in [0.05, 0.1) is 6.04 Å². The van der Waals surface area contributed by atoms with Crippen molar-refractivity contribution in [1.29, 1.82) is 0 Å². The van der Waals surface area contributed by atoms with Gasteiger partial charge in [-0.2, -0.15) is 5.10 Å². The minimum absolute atomic E-state index is 0.280. The molecule has 5 nitrogen and oxygen atoms in total. The van der Waals surface area contributed by atoms with E-state index in [9.17, 15) is 0 Å². The standard InChI is InChI=1S/C24H30N4O/c1-3-9-22(10-4-1)24(21-29-23-11-5-2-6-12-23)27-19-17-26(18-20-27)14-8-16-28-15-7-13-25-28/h1-7,9-13,15,24H,8,14,16-21H2. The average Bonchev–Trinajstić information content (AvgIpc) is 3.30. The first-order chi connectivity index (χ1) is 14.4. The molecule has 2 aromatic carbocycles. The molecule has 0 aliphatic carbocycles. The monoisotopic (exact) mass is 390 g/mol. The molecular weight excluding hydrogens is 360 g/mol. The molecule has 152 valence electrons. The lowest BCUT2D eigenvalue weighted by Gasteiger charge is -2.39. The Kier molecular flexibility index (Phi) is 6.94. The van der Waals surface area contributed by atoms with Crippen LogP contribution in [0.25, 0.3) is 0 Å². The van der Waals surface area contributed by atoms with E-state index in [-0.39, 0.29) is 6.04 Å². The number of aryl methyl sites for hydroxylation is 1. The first-order valence-electron chi connectivity index (χ1n) is 10.5. The second-order valence-electron chi connectivity index (χ2n) is 7.55. The van der Waals surface area contributed by atoms with Gasteiger partial charge < -0.3 is 9.64 Å². The maximum Gasteiger partial charge on any atom is 0.119 e. The summed E-state index contributed by atoms with van der Waals surface area (Å²) < 4.78 is 8.16. The molecule has 1 saturated heterocycles. The van der Waals surface area contributed by atoms with Gasteiger partial charge in [0.1, 0.15) is 12.4 Å². The summed E-state index contributed by atoms with van der Waals surface area (Å²) in [6.07, 6.45) is 5.02. The molecule has 1 unspecified atom stereocenters. The van der Waals surface area contributed by atoms with Crippen molar-refractivity contribution in [2.75, 3.05) is 39.3 Å². The van der Waals surface area contributed by atoms with E-state index in [1.807, 2.05) is 53.5 Å². The number of ether oxygens (including phenoxy) is 1. The number of rotatable bonds is 9. The van der Waals surface area contributed by atoms with Crippen LogP contribution in [-0.2, 0) is 6.54 Å². The Labute approximate surface area is 173 Å². The summed E-state index contributed by atoms with van der Waals surface area (Å²) >= 11 is 0. The van der Waals surface area contributed by atoms with E-state index < -0.39 is 0 Å². The Morgan fingerprint density at radius 1 is 0.828 bits per heavy atom. The summed E-state index contributed by atoms with van der Waals surface area (Å²) in [5.41, 5.74) is 1.33. The number of hydrogen-bond donors (Lipinski definition) is 0. The smallest absolute Gasteiger partial charge is 0.119 e. The van der Waals surface area contributed by atoms with Gasteiger partial charge in [0.2, 0.25) is 0 Å². The van der Waals surface area contributed by atoms with Gasteiger partial charge in [0.15, 0.2) is 0 Å². The Balaban J connectivity index is 1.31. The largest absolute Gasteiger partial charge is 0.492 e. The SMILES string of the molecule is c1ccc(OCC(c2ccccc2)N2CCN(CCCn3cccn3)CC2)cc1. The molecule has 3 aromatic rings. The molecule has 0 bridgehead atoms. The fourth-order valence-corrected chi connectivity index (χ4v) is 3.97. The van der Waals surface area contributed by atoms with Crippen LogP contribution in [0.5, 0.6) is 5.75 Å². The number of hydrogen-bond acceptors (Lipinski definition) is 4. The van der Waals surface area contributed by atoms with Crippen LogP contribution in [0.3, 0.4) is 0 Å². The Bertz CT molecular complexity index is 815. The maximum absolute atomic E-state index is 6.14. The Morgan fingerprint density at radius 2 is 1.55 bits per heavy atom. The van der Waals surface area contributed by atoms with Crippen molar-refractivity contribution in [3.8, 4) is 5.75 Å². The van der Waals surface area contributed by atoms with Crippen molar-refractivity contribution in [3.63, 3.8) is 0 Å². The average molecular weight is 391 g/mol. The third-order valence-corrected chi connectivity index (χ3v) is 5.60. The lowest BCUT2D eigenvalue weighted by Crippen LogP contribution is -2.49. The molecule has 1 atom stereocenters. The predicted molar refractivity (Wildman–Crippen MR) is 116 cm³/mol. The van der Waals surface area contributed by atoms with Crippen molar-refractivity contribution in [2.45, 2.75) is 19.0 Å². The molecule has 1 aliphatic heterocycles. The second kappa shape index (κ2) is 10.2. The van der Waals surface area contributed by atoms with Crippen molar-refractivity contribution >= 4 is 0 Å². The predicted octanol–water partition coefficient (Wildman–Crippen LogP) is 3.71. The van der Waals surface area contributed by atoms with Crippen LogP contribution in [0.15, 0.2) is 79.1 Å². The molecule has 0 spiro atoms. The molecule has 1 fully saturated rings. The minimum atomic E-state index is 0.280. The summed E-state index contributed by atoms with van der Waals surface area (Å²) in [5, 5.41) is 4.29. The van der Waals surface area contributed by atoms with Gasteiger partial charge in [-0.25, -0.2) is 0 Å². The first-order valence-corrected chi connectivity index (χ1v) is 10.5. The van der Waals surface area contributed by atoms with Crippen molar-refractivity contribution in [3.05, 3.63) is 84.7 Å². The van der Waals surface area contributed by atoms with E-state index in [1.165, 1.54) is 5.56 Å². The summed E-state index contributed by atoms with van der Waals surface area (Å²) in [6.45, 7) is 7.14. The Morgan fingerprint density at radius 3 is 2.24 bits per heavy atom. The molecule has 0 saturated carbocycles. The third-order valence-electron chi connectivity index (χ3n) is 5.60. The quantitative estimate of drug-likeness (QED) is 0.558. The zero-order valence-corrected chi connectivity index (χ0v) is 16.9. The number of benzene rings is 2. The van der Waals surface area contributed by atoms with Gasteiger partial charge in [0, 0.05) is 45.1 Å². The topological polar surface area (TPSA) is 33.5 Å².